The fraction of sp³-hybridized carbons (Fsp3) is 0.500. The molecule has 0 bridgehead atoms. The van der Waals surface area contributed by atoms with Gasteiger partial charge >= 0.3 is 247 Å². The number of thioether (sulfide) groups is 1. The van der Waals surface area contributed by atoms with Crippen LogP contribution >= 0.6 is 11.8 Å². The number of rotatable bonds is 14. The van der Waals surface area contributed by atoms with E-state index in [2.05, 4.69) is 14.9 Å². The van der Waals surface area contributed by atoms with Gasteiger partial charge in [0.2, 0.25) is 0 Å². The molecule has 0 spiro atoms. The Bertz CT molecular complexity index is 1220. The van der Waals surface area contributed by atoms with Crippen molar-refractivity contribution in [3.8, 4) is 0 Å². The zero-order chi connectivity index (χ0) is 28.5. The predicted molar refractivity (Wildman–Crippen MR) is 146 cm³/mol. The van der Waals surface area contributed by atoms with Gasteiger partial charge in [-0.15, -0.1) is 0 Å². The first-order valence-corrected chi connectivity index (χ1v) is 17.2. The van der Waals surface area contributed by atoms with E-state index in [0.717, 1.165) is 42.9 Å². The van der Waals surface area contributed by atoms with E-state index in [1.165, 1.54) is 19.2 Å². The van der Waals surface area contributed by atoms with E-state index in [1.807, 2.05) is 44.4 Å². The Kier molecular flexibility index (Phi) is 11.8. The van der Waals surface area contributed by atoms with Crippen LogP contribution in [-0.4, -0.2) is 72.7 Å². The summed E-state index contributed by atoms with van der Waals surface area (Å²) >= 11 is 0.0756. The second-order valence-electron chi connectivity index (χ2n) is 9.70. The zero-order valence-corrected chi connectivity index (χ0v) is 26.2. The van der Waals surface area contributed by atoms with Gasteiger partial charge in [0.05, 0.1) is 0 Å². The maximum atomic E-state index is 13.2. The molecule has 1 atom stereocenters. The fourth-order valence-corrected chi connectivity index (χ4v) is 8.18. The van der Waals surface area contributed by atoms with E-state index in [0.29, 0.717) is 22.1 Å². The molecule has 2 aromatic rings. The Hall–Kier alpha value is -1.94. The van der Waals surface area contributed by atoms with Crippen LogP contribution in [-0.2, 0) is 19.6 Å². The van der Waals surface area contributed by atoms with Crippen molar-refractivity contribution in [2.45, 2.75) is 60.0 Å². The topological polar surface area (TPSA) is 128 Å². The van der Waals surface area contributed by atoms with Crippen LogP contribution in [0.4, 0.5) is 5.69 Å². The van der Waals surface area contributed by atoms with Crippen molar-refractivity contribution in [3.05, 3.63) is 57.0 Å². The van der Waals surface area contributed by atoms with Crippen LogP contribution in [0.15, 0.2) is 58.3 Å². The second-order valence-corrected chi connectivity index (χ2v) is 14.9. The van der Waals surface area contributed by atoms with Crippen molar-refractivity contribution in [2.75, 3.05) is 38.8 Å². The molecule has 2 aromatic carbocycles. The van der Waals surface area contributed by atoms with Crippen LogP contribution in [0.3, 0.4) is 0 Å². The molecule has 0 heterocycles. The average Bonchev–Trinajstić information content (AvgIpc) is 2.91. The third-order valence-electron chi connectivity index (χ3n) is 6.59. The first-order valence-electron chi connectivity index (χ1n) is 12.7. The number of hydrogen-bond acceptors (Lipinski definition) is 8. The Morgan fingerprint density at radius 2 is 1.87 bits per heavy atom. The Labute approximate surface area is 245 Å². The van der Waals surface area contributed by atoms with E-state index in [4.69, 9.17) is 4.74 Å². The summed E-state index contributed by atoms with van der Waals surface area (Å²) in [6, 6.07) is 14.4. The summed E-state index contributed by atoms with van der Waals surface area (Å²) in [4.78, 5) is 27.7. The summed E-state index contributed by atoms with van der Waals surface area (Å²) in [6.07, 6.45) is 4.25. The first-order chi connectivity index (χ1) is 18.5. The molecule has 1 saturated carbocycles. The molecule has 1 aliphatic carbocycles. The summed E-state index contributed by atoms with van der Waals surface area (Å²) < 4.78 is 34.3. The van der Waals surface area contributed by atoms with E-state index in [-0.39, 0.29) is 14.1 Å². The molecule has 0 aliphatic heterocycles. The minimum atomic E-state index is -4.23. The van der Waals surface area contributed by atoms with Crippen molar-refractivity contribution >= 4 is 33.4 Å². The molecule has 1 amide bonds. The number of nitrogens with zero attached hydrogens (tertiary/aromatic N) is 2. The number of halogens is 1. The first kappa shape index (κ1) is 31.6. The van der Waals surface area contributed by atoms with Crippen molar-refractivity contribution in [1.29, 1.82) is 0 Å². The number of nitrogens with one attached hydrogen (secondary N) is 2. The molecular weight excluding hydrogens is 655 g/mol. The van der Waals surface area contributed by atoms with E-state index >= 15 is 0 Å². The molecule has 216 valence electrons. The van der Waals surface area contributed by atoms with Gasteiger partial charge in [-0.3, -0.25) is 0 Å². The number of ether oxygens (including phenoxy) is 1. The Balaban J connectivity index is 1.83. The van der Waals surface area contributed by atoms with E-state index in [1.54, 1.807) is 17.8 Å². The van der Waals surface area contributed by atoms with Crippen LogP contribution in [0, 0.1) is 8.48 Å². The molecule has 3 N–H and O–H groups in total. The summed E-state index contributed by atoms with van der Waals surface area (Å²) in [7, 11) is 1.18. The van der Waals surface area contributed by atoms with E-state index < -0.39 is 43.0 Å². The van der Waals surface area contributed by atoms with Gasteiger partial charge in [-0.1, -0.05) is 0 Å². The third-order valence-corrected chi connectivity index (χ3v) is 10.9. The molecule has 1 aliphatic rings. The Morgan fingerprint density at radius 3 is 2.49 bits per heavy atom. The number of anilines is 1. The van der Waals surface area contributed by atoms with Gasteiger partial charge < -0.3 is 0 Å². The molecule has 1 fully saturated rings. The van der Waals surface area contributed by atoms with Crippen LogP contribution in [0.25, 0.3) is 0 Å². The van der Waals surface area contributed by atoms with Gasteiger partial charge in [-0.2, -0.15) is 0 Å². The van der Waals surface area contributed by atoms with Crippen molar-refractivity contribution in [3.63, 3.8) is 0 Å². The van der Waals surface area contributed by atoms with Crippen LogP contribution in [0.5, 0.6) is 0 Å². The van der Waals surface area contributed by atoms with Gasteiger partial charge in [0.15, 0.2) is 0 Å². The van der Waals surface area contributed by atoms with Gasteiger partial charge in [-0.25, -0.2) is 0 Å². The van der Waals surface area contributed by atoms with Crippen molar-refractivity contribution in [2.24, 2.45) is 0 Å². The minimum absolute atomic E-state index is 0.00850. The van der Waals surface area contributed by atoms with Crippen molar-refractivity contribution in [1.82, 2.24) is 9.62 Å². The Morgan fingerprint density at radius 1 is 1.18 bits per heavy atom. The molecule has 3 rings (SSSR count). The van der Waals surface area contributed by atoms with Crippen LogP contribution < -0.4 is 31.5 Å². The molecule has 0 saturated heterocycles. The molecule has 39 heavy (non-hydrogen) atoms. The molecule has 0 aromatic heterocycles. The zero-order valence-electron chi connectivity index (χ0n) is 22.4. The molecular formula is C26H37IN4O6S2. The number of benzene rings is 2. The number of carbonyl (C=O) groups excluding carboxylic acids is 1. The monoisotopic (exact) mass is 692 g/mol. The summed E-state index contributed by atoms with van der Waals surface area (Å²) in [5.74, 6) is 0.0582. The number of amides is 1. The molecule has 0 radical (unpaired) electrons. The molecule has 13 heteroatoms. The average molecular weight is 693 g/mol. The van der Waals surface area contributed by atoms with Crippen molar-refractivity contribution < 1.29 is 47.8 Å². The SMILES string of the molecule is COC1(C(=O)NS(=O)(=O)c2ccc(N[C@H](CCN(C)C)CSc3ccccc3)c([I-][N+](=O)O)c2)CCCCC1. The number of hydrogen-bond donors (Lipinski definition) is 3. The second kappa shape index (κ2) is 14.6. The predicted octanol–water partition coefficient (Wildman–Crippen LogP) is 0.707. The van der Waals surface area contributed by atoms with E-state index in [9.17, 15) is 23.3 Å². The normalized spacial score (nSPS) is 16.1. The van der Waals surface area contributed by atoms with Crippen LogP contribution in [0.1, 0.15) is 38.5 Å². The van der Waals surface area contributed by atoms with Gasteiger partial charge in [0.1, 0.15) is 0 Å². The fourth-order valence-electron chi connectivity index (χ4n) is 4.39. The third kappa shape index (κ3) is 9.30. The number of methoxy groups -OCH3 is 1. The summed E-state index contributed by atoms with van der Waals surface area (Å²) in [6.45, 7) is 0.824. The number of sulfonamides is 1. The van der Waals surface area contributed by atoms with Gasteiger partial charge in [-0.05, 0) is 0 Å². The number of carbonyl (C=O) groups is 1. The molecule has 0 unspecified atom stereocenters. The molecule has 10 nitrogen and oxygen atoms in total. The van der Waals surface area contributed by atoms with Gasteiger partial charge in [0.25, 0.3) is 0 Å². The standard InChI is InChI=1S/C26H37IN4O6S2/c1-30(2)17-14-20(19-38-21-10-6-4-7-11-21)28-24-13-12-22(18-23(24)27-31(33)34)39(35,36)29-25(32)26(37-3)15-8-5-9-16-26/h4,6-7,10-13,18,20,28H,5,8-9,14-17,19H2,1-3H3,(H,29,32)(H,33,34)/t20-/m1/s1. The summed E-state index contributed by atoms with van der Waals surface area (Å²) in [5.41, 5.74) is -0.587. The van der Waals surface area contributed by atoms with Gasteiger partial charge in [0, 0.05) is 0 Å². The maximum absolute atomic E-state index is 13.2. The summed E-state index contributed by atoms with van der Waals surface area (Å²) in [5, 5.41) is 13.0. The van der Waals surface area contributed by atoms with Crippen LogP contribution in [0.2, 0.25) is 0 Å². The quantitative estimate of drug-likeness (QED) is 0.114.